The van der Waals surface area contributed by atoms with E-state index in [0.29, 0.717) is 22.8 Å². The first-order valence-electron chi connectivity index (χ1n) is 7.95. The molecule has 9 nitrogen and oxygen atoms in total. The summed E-state index contributed by atoms with van der Waals surface area (Å²) in [6.07, 6.45) is 3.50. The molecule has 0 fully saturated rings. The van der Waals surface area contributed by atoms with Gasteiger partial charge in [-0.15, -0.1) is 0 Å². The van der Waals surface area contributed by atoms with Crippen LogP contribution in [0.1, 0.15) is 27.7 Å². The standard InChI is InChI=1S/C6H5.C5H5N.2C4H8N2O2.Co/c2*1-2-4-6-5-3-1;2*1-3(5-7)4(2)6-8;/h2*1-5H;2*7-8H,1-2H3;/q-1;;;;/b;;2*5-3+,6-4+;. The van der Waals surface area contributed by atoms with E-state index in [4.69, 9.17) is 20.8 Å². The topological polar surface area (TPSA) is 143 Å². The fourth-order valence-corrected chi connectivity index (χ4v) is 0.944. The summed E-state index contributed by atoms with van der Waals surface area (Å²) < 4.78 is 0. The number of nitrogens with zero attached hydrogens (tertiary/aromatic N) is 5. The van der Waals surface area contributed by atoms with E-state index in [2.05, 4.69) is 31.7 Å². The molecule has 2 aromatic rings. The van der Waals surface area contributed by atoms with Crippen molar-refractivity contribution in [2.45, 2.75) is 27.7 Å². The molecule has 0 atom stereocenters. The molecule has 0 aliphatic carbocycles. The molecule has 10 heteroatoms. The van der Waals surface area contributed by atoms with Gasteiger partial charge >= 0.3 is 0 Å². The number of oxime groups is 4. The van der Waals surface area contributed by atoms with Crippen LogP contribution in [0.4, 0.5) is 0 Å². The minimum Gasteiger partial charge on any atom is -0.411 e. The van der Waals surface area contributed by atoms with E-state index in [0.717, 1.165) is 0 Å². The van der Waals surface area contributed by atoms with Crippen molar-refractivity contribution in [1.82, 2.24) is 4.98 Å². The molecule has 0 saturated heterocycles. The van der Waals surface area contributed by atoms with Crippen LogP contribution in [0.2, 0.25) is 0 Å². The average Bonchev–Trinajstić information content (AvgIpc) is 2.80. The van der Waals surface area contributed by atoms with Gasteiger partial charge in [0.15, 0.2) is 0 Å². The smallest absolute Gasteiger partial charge is 0.101 e. The summed E-state index contributed by atoms with van der Waals surface area (Å²) in [6, 6.07) is 18.2. The third-order valence-electron chi connectivity index (χ3n) is 2.82. The number of pyridine rings is 1. The zero-order valence-corrected chi connectivity index (χ0v) is 17.7. The second-order valence-electron chi connectivity index (χ2n) is 4.84. The zero-order chi connectivity index (χ0) is 21.6. The number of rotatable bonds is 2. The van der Waals surface area contributed by atoms with Crippen molar-refractivity contribution in [3.8, 4) is 0 Å². The quantitative estimate of drug-likeness (QED) is 0.239. The van der Waals surface area contributed by atoms with E-state index in [1.165, 1.54) is 27.7 Å². The van der Waals surface area contributed by atoms with E-state index in [-0.39, 0.29) is 16.8 Å². The summed E-state index contributed by atoms with van der Waals surface area (Å²) in [7, 11) is 0. The first kappa shape index (κ1) is 30.5. The van der Waals surface area contributed by atoms with Crippen molar-refractivity contribution < 1.29 is 37.6 Å². The molecular formula is C19H26CoN5O4-. The van der Waals surface area contributed by atoms with E-state index in [9.17, 15) is 0 Å². The third-order valence-corrected chi connectivity index (χ3v) is 2.82. The number of hydrogen-bond acceptors (Lipinski definition) is 9. The van der Waals surface area contributed by atoms with Gasteiger partial charge in [-0.05, 0) is 39.8 Å². The summed E-state index contributed by atoms with van der Waals surface area (Å²) in [5, 5.41) is 43.3. The van der Waals surface area contributed by atoms with Gasteiger partial charge in [0, 0.05) is 29.2 Å². The van der Waals surface area contributed by atoms with Gasteiger partial charge in [0.1, 0.15) is 22.8 Å². The summed E-state index contributed by atoms with van der Waals surface area (Å²) >= 11 is 0. The molecule has 0 aliphatic heterocycles. The first-order chi connectivity index (χ1) is 13.4. The van der Waals surface area contributed by atoms with Crippen LogP contribution in [0.3, 0.4) is 0 Å². The van der Waals surface area contributed by atoms with Crippen molar-refractivity contribution in [3.63, 3.8) is 0 Å². The zero-order valence-electron chi connectivity index (χ0n) is 16.6. The Morgan fingerprint density at radius 3 is 1.00 bits per heavy atom. The van der Waals surface area contributed by atoms with Crippen LogP contribution in [0, 0.1) is 6.07 Å². The molecular weight excluding hydrogens is 421 g/mol. The van der Waals surface area contributed by atoms with Crippen LogP contribution in [0.25, 0.3) is 0 Å². The van der Waals surface area contributed by atoms with Gasteiger partial charge in [-0.1, -0.05) is 26.7 Å². The van der Waals surface area contributed by atoms with Gasteiger partial charge in [0.2, 0.25) is 0 Å². The molecule has 0 amide bonds. The molecule has 0 unspecified atom stereocenters. The summed E-state index contributed by atoms with van der Waals surface area (Å²) in [4.78, 5) is 3.78. The Bertz CT molecular complexity index is 575. The second kappa shape index (κ2) is 22.8. The Morgan fingerprint density at radius 2 is 0.897 bits per heavy atom. The summed E-state index contributed by atoms with van der Waals surface area (Å²) in [5.74, 6) is 0. The molecule has 0 saturated carbocycles. The Hall–Kier alpha value is -3.24. The molecule has 1 heterocycles. The van der Waals surface area contributed by atoms with Crippen molar-refractivity contribution in [3.05, 3.63) is 67.0 Å². The maximum absolute atomic E-state index is 8.03. The molecule has 1 aromatic heterocycles. The van der Waals surface area contributed by atoms with Crippen LogP contribution in [0.15, 0.2) is 81.5 Å². The second-order valence-corrected chi connectivity index (χ2v) is 4.84. The van der Waals surface area contributed by atoms with Gasteiger partial charge in [-0.3, -0.25) is 4.98 Å². The van der Waals surface area contributed by atoms with Gasteiger partial charge in [0.25, 0.3) is 0 Å². The molecule has 1 radical (unpaired) electrons. The third kappa shape index (κ3) is 20.9. The van der Waals surface area contributed by atoms with Gasteiger partial charge in [-0.25, -0.2) is 0 Å². The van der Waals surface area contributed by atoms with Crippen LogP contribution in [0.5, 0.6) is 0 Å². The van der Waals surface area contributed by atoms with Crippen molar-refractivity contribution in [2.75, 3.05) is 0 Å². The Balaban J connectivity index is -0.000000309. The van der Waals surface area contributed by atoms with E-state index < -0.39 is 0 Å². The van der Waals surface area contributed by atoms with Crippen molar-refractivity contribution in [2.24, 2.45) is 20.6 Å². The molecule has 161 valence electrons. The molecule has 29 heavy (non-hydrogen) atoms. The number of benzene rings is 1. The van der Waals surface area contributed by atoms with E-state index in [1.54, 1.807) is 12.4 Å². The normalized spacial score (nSPS) is 11.2. The minimum atomic E-state index is 0. The Kier molecular flexibility index (Phi) is 24.0. The van der Waals surface area contributed by atoms with Crippen molar-refractivity contribution in [1.29, 1.82) is 0 Å². The van der Waals surface area contributed by atoms with E-state index in [1.807, 2.05) is 48.5 Å². The molecule has 0 spiro atoms. The summed E-state index contributed by atoms with van der Waals surface area (Å²) in [6.45, 7) is 6.15. The Labute approximate surface area is 181 Å². The van der Waals surface area contributed by atoms with Crippen molar-refractivity contribution >= 4 is 22.8 Å². The van der Waals surface area contributed by atoms with Crippen LogP contribution in [-0.4, -0.2) is 48.7 Å². The van der Waals surface area contributed by atoms with Gasteiger partial charge in [0.05, 0.1) is 0 Å². The summed E-state index contributed by atoms with van der Waals surface area (Å²) in [5.41, 5.74) is 1.25. The predicted molar refractivity (Wildman–Crippen MR) is 109 cm³/mol. The number of aromatic nitrogens is 1. The molecule has 4 N–H and O–H groups in total. The maximum atomic E-state index is 8.03. The maximum Gasteiger partial charge on any atom is 0.101 e. The molecule has 2 rings (SSSR count). The average molecular weight is 447 g/mol. The molecule has 0 aliphatic rings. The fourth-order valence-electron chi connectivity index (χ4n) is 0.944. The van der Waals surface area contributed by atoms with Crippen LogP contribution in [-0.2, 0) is 16.8 Å². The molecule has 1 aromatic carbocycles. The minimum absolute atomic E-state index is 0. The fraction of sp³-hybridized carbons (Fsp3) is 0.211. The monoisotopic (exact) mass is 447 g/mol. The predicted octanol–water partition coefficient (Wildman–Crippen LogP) is 3.94. The first-order valence-corrected chi connectivity index (χ1v) is 7.95. The van der Waals surface area contributed by atoms with Gasteiger partial charge in [-0.2, -0.15) is 36.4 Å². The van der Waals surface area contributed by atoms with Crippen LogP contribution >= 0.6 is 0 Å². The Morgan fingerprint density at radius 1 is 0.586 bits per heavy atom. The van der Waals surface area contributed by atoms with E-state index >= 15 is 0 Å². The molecule has 0 bridgehead atoms. The SMILES string of the molecule is CC(=N\O)/C(C)=N/O.CC(=N\O)/C(C)=N/O.[Co].[c-]1ccccc1.c1ccncc1. The largest absolute Gasteiger partial charge is 0.411 e. The van der Waals surface area contributed by atoms with Crippen LogP contribution < -0.4 is 0 Å². The van der Waals surface area contributed by atoms with Gasteiger partial charge < -0.3 is 20.8 Å². The number of hydrogen-bond donors (Lipinski definition) is 4.